The van der Waals surface area contributed by atoms with Gasteiger partial charge in [0.2, 0.25) is 11.8 Å². The van der Waals surface area contributed by atoms with Crippen molar-refractivity contribution in [2.75, 3.05) is 0 Å². The number of amides is 4. The second-order valence-electron chi connectivity index (χ2n) is 5.09. The third-order valence-electron chi connectivity index (χ3n) is 3.72. The molecule has 1 aromatic rings. The fourth-order valence-electron chi connectivity index (χ4n) is 2.60. The van der Waals surface area contributed by atoms with E-state index in [1.165, 1.54) is 13.0 Å². The van der Waals surface area contributed by atoms with Crippen LogP contribution < -0.4 is 5.32 Å². The number of imide groups is 2. The minimum absolute atomic E-state index is 0.0483. The van der Waals surface area contributed by atoms with Crippen molar-refractivity contribution in [1.29, 1.82) is 0 Å². The van der Waals surface area contributed by atoms with Crippen LogP contribution in [0.2, 0.25) is 0 Å². The number of halogens is 1. The van der Waals surface area contributed by atoms with Crippen LogP contribution in [0.15, 0.2) is 12.1 Å². The molecular formula is C14H11FN2O4. The van der Waals surface area contributed by atoms with Crippen molar-refractivity contribution in [2.45, 2.75) is 25.8 Å². The summed E-state index contributed by atoms with van der Waals surface area (Å²) >= 11 is 0. The molecule has 4 amide bonds. The predicted octanol–water partition coefficient (Wildman–Crippen LogP) is 0.535. The van der Waals surface area contributed by atoms with Crippen molar-refractivity contribution >= 4 is 23.6 Å². The standard InChI is InChI=1S/C14H11FN2O4/c1-6-4-7-8(5-9(6)15)14(21)17(13(7)20)10-2-3-11(18)16-12(10)19/h4-5,10H,2-3H2,1H3,(H,16,18,19)/t10-/m1/s1. The van der Waals surface area contributed by atoms with E-state index in [9.17, 15) is 23.6 Å². The van der Waals surface area contributed by atoms with Crippen molar-refractivity contribution in [3.05, 3.63) is 34.6 Å². The lowest BCUT2D eigenvalue weighted by atomic mass is 10.0. The quantitative estimate of drug-likeness (QED) is 0.765. The first kappa shape index (κ1) is 13.4. The fourth-order valence-corrected chi connectivity index (χ4v) is 2.60. The van der Waals surface area contributed by atoms with E-state index in [1.807, 2.05) is 0 Å². The first-order valence-corrected chi connectivity index (χ1v) is 6.42. The molecular weight excluding hydrogens is 279 g/mol. The number of nitrogens with zero attached hydrogens (tertiary/aromatic N) is 1. The Balaban J connectivity index is 2.00. The molecule has 2 aliphatic rings. The fraction of sp³-hybridized carbons (Fsp3) is 0.286. The molecule has 108 valence electrons. The molecule has 21 heavy (non-hydrogen) atoms. The summed E-state index contributed by atoms with van der Waals surface area (Å²) in [7, 11) is 0. The minimum Gasteiger partial charge on any atom is -0.295 e. The molecule has 2 heterocycles. The molecule has 7 heteroatoms. The number of fused-ring (bicyclic) bond motifs is 1. The van der Waals surface area contributed by atoms with Gasteiger partial charge in [-0.1, -0.05) is 0 Å². The van der Waals surface area contributed by atoms with Gasteiger partial charge in [0.25, 0.3) is 11.8 Å². The van der Waals surface area contributed by atoms with Gasteiger partial charge in [-0.2, -0.15) is 0 Å². The van der Waals surface area contributed by atoms with Gasteiger partial charge < -0.3 is 0 Å². The summed E-state index contributed by atoms with van der Waals surface area (Å²) in [5.41, 5.74) is 0.288. The maximum Gasteiger partial charge on any atom is 0.262 e. The topological polar surface area (TPSA) is 83.6 Å². The first-order chi connectivity index (χ1) is 9.90. The first-order valence-electron chi connectivity index (χ1n) is 6.42. The third-order valence-corrected chi connectivity index (χ3v) is 3.72. The van der Waals surface area contributed by atoms with Crippen LogP contribution in [0.4, 0.5) is 4.39 Å². The number of hydrogen-bond acceptors (Lipinski definition) is 4. The van der Waals surface area contributed by atoms with Crippen molar-refractivity contribution in [2.24, 2.45) is 0 Å². The number of nitrogens with one attached hydrogen (secondary N) is 1. The van der Waals surface area contributed by atoms with E-state index in [0.29, 0.717) is 0 Å². The van der Waals surface area contributed by atoms with Crippen molar-refractivity contribution < 1.29 is 23.6 Å². The summed E-state index contributed by atoms with van der Waals surface area (Å²) in [6, 6.07) is 1.28. The molecule has 0 aliphatic carbocycles. The van der Waals surface area contributed by atoms with Crippen molar-refractivity contribution in [3.63, 3.8) is 0 Å². The molecule has 3 rings (SSSR count). The highest BCUT2D eigenvalue weighted by atomic mass is 19.1. The Morgan fingerprint density at radius 1 is 1.14 bits per heavy atom. The van der Waals surface area contributed by atoms with E-state index in [0.717, 1.165) is 11.0 Å². The largest absolute Gasteiger partial charge is 0.295 e. The van der Waals surface area contributed by atoms with Crippen molar-refractivity contribution in [1.82, 2.24) is 10.2 Å². The van der Waals surface area contributed by atoms with Gasteiger partial charge in [0, 0.05) is 6.42 Å². The van der Waals surface area contributed by atoms with E-state index in [1.54, 1.807) is 0 Å². The molecule has 0 saturated carbocycles. The average molecular weight is 290 g/mol. The van der Waals surface area contributed by atoms with Gasteiger partial charge in [-0.05, 0) is 31.0 Å². The van der Waals surface area contributed by atoms with Gasteiger partial charge in [0.1, 0.15) is 11.9 Å². The number of hydrogen-bond donors (Lipinski definition) is 1. The Labute approximate surface area is 118 Å². The zero-order chi connectivity index (χ0) is 15.3. The second-order valence-corrected chi connectivity index (χ2v) is 5.09. The summed E-state index contributed by atoms with van der Waals surface area (Å²) < 4.78 is 13.6. The Kier molecular flexibility index (Phi) is 2.86. The Morgan fingerprint density at radius 3 is 2.38 bits per heavy atom. The molecule has 1 saturated heterocycles. The van der Waals surface area contributed by atoms with Crippen LogP contribution in [0.3, 0.4) is 0 Å². The molecule has 2 aliphatic heterocycles. The van der Waals surface area contributed by atoms with Gasteiger partial charge in [0.15, 0.2) is 0 Å². The number of benzene rings is 1. The molecule has 1 aromatic carbocycles. The number of piperidine rings is 1. The molecule has 0 radical (unpaired) electrons. The van der Waals surface area contributed by atoms with Gasteiger partial charge in [0.05, 0.1) is 11.1 Å². The summed E-state index contributed by atoms with van der Waals surface area (Å²) in [6.07, 6.45) is 0.134. The summed E-state index contributed by atoms with van der Waals surface area (Å²) in [5, 5.41) is 2.10. The Morgan fingerprint density at radius 2 is 1.76 bits per heavy atom. The second kappa shape index (κ2) is 4.47. The van der Waals surface area contributed by atoms with E-state index in [4.69, 9.17) is 0 Å². The maximum atomic E-state index is 13.6. The lowest BCUT2D eigenvalue weighted by Crippen LogP contribution is -2.54. The van der Waals surface area contributed by atoms with Gasteiger partial charge >= 0.3 is 0 Å². The molecule has 0 spiro atoms. The summed E-state index contributed by atoms with van der Waals surface area (Å²) in [5.74, 6) is -3.04. The van der Waals surface area contributed by atoms with Gasteiger partial charge in [-0.15, -0.1) is 0 Å². The van der Waals surface area contributed by atoms with E-state index < -0.39 is 35.5 Å². The summed E-state index contributed by atoms with van der Waals surface area (Å²) in [6.45, 7) is 1.49. The maximum absolute atomic E-state index is 13.6. The average Bonchev–Trinajstić information content (AvgIpc) is 2.64. The lowest BCUT2D eigenvalue weighted by Gasteiger charge is -2.27. The smallest absolute Gasteiger partial charge is 0.262 e. The number of carbonyl (C=O) groups excluding carboxylic acids is 4. The van der Waals surface area contributed by atoms with Crippen LogP contribution >= 0.6 is 0 Å². The number of rotatable bonds is 1. The zero-order valence-electron chi connectivity index (χ0n) is 11.1. The molecule has 0 bridgehead atoms. The normalized spacial score (nSPS) is 21.6. The van der Waals surface area contributed by atoms with Crippen LogP contribution in [-0.4, -0.2) is 34.6 Å². The van der Waals surface area contributed by atoms with Crippen LogP contribution in [0.1, 0.15) is 39.1 Å². The van der Waals surface area contributed by atoms with Crippen LogP contribution in [0.25, 0.3) is 0 Å². The van der Waals surface area contributed by atoms with Gasteiger partial charge in [-0.25, -0.2) is 4.39 Å². The highest BCUT2D eigenvalue weighted by Gasteiger charge is 2.44. The van der Waals surface area contributed by atoms with Crippen LogP contribution in [0.5, 0.6) is 0 Å². The molecule has 1 N–H and O–H groups in total. The molecule has 1 atom stereocenters. The van der Waals surface area contributed by atoms with Crippen LogP contribution in [0, 0.1) is 12.7 Å². The minimum atomic E-state index is -1.03. The Hall–Kier alpha value is -2.57. The van der Waals surface area contributed by atoms with Crippen molar-refractivity contribution in [3.8, 4) is 0 Å². The van der Waals surface area contributed by atoms with E-state index in [2.05, 4.69) is 5.32 Å². The number of aryl methyl sites for hydroxylation is 1. The Bertz CT molecular complexity index is 672. The summed E-state index contributed by atoms with van der Waals surface area (Å²) in [4.78, 5) is 48.3. The van der Waals surface area contributed by atoms with E-state index in [-0.39, 0.29) is 29.5 Å². The third kappa shape index (κ3) is 1.93. The van der Waals surface area contributed by atoms with Gasteiger partial charge in [-0.3, -0.25) is 29.4 Å². The number of carbonyl (C=O) groups is 4. The van der Waals surface area contributed by atoms with Crippen LogP contribution in [-0.2, 0) is 9.59 Å². The molecule has 6 nitrogen and oxygen atoms in total. The molecule has 1 fully saturated rings. The predicted molar refractivity (Wildman–Crippen MR) is 67.8 cm³/mol. The zero-order valence-corrected chi connectivity index (χ0v) is 11.1. The lowest BCUT2D eigenvalue weighted by molar-refractivity contribution is -0.136. The highest BCUT2D eigenvalue weighted by molar-refractivity contribution is 6.23. The molecule has 0 aromatic heterocycles. The molecule has 0 unspecified atom stereocenters. The van der Waals surface area contributed by atoms with E-state index >= 15 is 0 Å². The SMILES string of the molecule is Cc1cc2c(cc1F)C(=O)N([C@@H]1CCC(=O)NC1=O)C2=O. The highest BCUT2D eigenvalue weighted by Crippen LogP contribution is 2.29. The monoisotopic (exact) mass is 290 g/mol.